The Labute approximate surface area is 209 Å². The van der Waals surface area contributed by atoms with Crippen LogP contribution in [0.3, 0.4) is 0 Å². The molecule has 0 spiro atoms. The molecule has 0 aliphatic carbocycles. The molecular formula is C24H25F3N8O2. The fourth-order valence-electron chi connectivity index (χ4n) is 4.37. The van der Waals surface area contributed by atoms with Crippen molar-refractivity contribution >= 4 is 28.7 Å². The summed E-state index contributed by atoms with van der Waals surface area (Å²) in [5.74, 6) is 1.25. The van der Waals surface area contributed by atoms with Crippen LogP contribution in [0.1, 0.15) is 23.4 Å². The lowest BCUT2D eigenvalue weighted by Gasteiger charge is -2.35. The van der Waals surface area contributed by atoms with Gasteiger partial charge in [0, 0.05) is 44.5 Å². The first-order valence-electron chi connectivity index (χ1n) is 11.7. The Morgan fingerprint density at radius 3 is 2.62 bits per heavy atom. The van der Waals surface area contributed by atoms with Gasteiger partial charge < -0.3 is 19.7 Å². The van der Waals surface area contributed by atoms with Gasteiger partial charge in [0.15, 0.2) is 5.82 Å². The number of alkyl halides is 3. The van der Waals surface area contributed by atoms with Gasteiger partial charge in [0.2, 0.25) is 11.9 Å². The number of amides is 1. The van der Waals surface area contributed by atoms with E-state index in [1.165, 1.54) is 4.90 Å². The van der Waals surface area contributed by atoms with E-state index in [2.05, 4.69) is 35.3 Å². The smallest absolute Gasteiger partial charge is 0.340 e. The summed E-state index contributed by atoms with van der Waals surface area (Å²) in [7, 11) is 0. The number of halogens is 3. The van der Waals surface area contributed by atoms with Crippen LogP contribution < -0.4 is 5.32 Å². The number of nitrogens with zero attached hydrogens (tertiary/aromatic N) is 6. The van der Waals surface area contributed by atoms with Gasteiger partial charge in [-0.15, -0.1) is 0 Å². The van der Waals surface area contributed by atoms with E-state index in [4.69, 9.17) is 4.52 Å². The summed E-state index contributed by atoms with van der Waals surface area (Å²) in [6, 6.07) is 7.59. The van der Waals surface area contributed by atoms with Crippen molar-refractivity contribution in [1.29, 1.82) is 0 Å². The molecule has 5 rings (SSSR count). The van der Waals surface area contributed by atoms with Crippen LogP contribution in [0.15, 0.2) is 35.0 Å². The lowest BCUT2D eigenvalue weighted by molar-refractivity contribution is -0.162. The molecule has 4 aromatic rings. The fraction of sp³-hybridized carbons (Fsp3) is 0.375. The second kappa shape index (κ2) is 9.81. The maximum absolute atomic E-state index is 12.5. The lowest BCUT2D eigenvalue weighted by atomic mass is 10.1. The maximum Gasteiger partial charge on any atom is 0.397 e. The lowest BCUT2D eigenvalue weighted by Crippen LogP contribution is -2.49. The number of hydrogen-bond donors (Lipinski definition) is 2. The highest BCUT2D eigenvalue weighted by molar-refractivity contribution is 5.87. The Bertz CT molecular complexity index is 1420. The molecule has 1 aromatic carbocycles. The van der Waals surface area contributed by atoms with Gasteiger partial charge in [-0.3, -0.25) is 9.69 Å². The second-order valence-electron chi connectivity index (χ2n) is 8.99. The molecule has 0 unspecified atom stereocenters. The number of hydrogen-bond acceptors (Lipinski definition) is 8. The number of pyridine rings is 1. The Kier molecular flexibility index (Phi) is 6.54. The third kappa shape index (κ3) is 5.71. The van der Waals surface area contributed by atoms with Crippen molar-refractivity contribution in [2.24, 2.45) is 0 Å². The molecule has 13 heteroatoms. The van der Waals surface area contributed by atoms with Crippen molar-refractivity contribution in [3.05, 3.63) is 47.4 Å². The molecule has 3 aromatic heterocycles. The summed E-state index contributed by atoms with van der Waals surface area (Å²) in [5.41, 5.74) is 4.31. The number of rotatable bonds is 6. The van der Waals surface area contributed by atoms with Gasteiger partial charge in [-0.25, -0.2) is 9.97 Å². The van der Waals surface area contributed by atoms with E-state index in [0.29, 0.717) is 43.1 Å². The minimum absolute atomic E-state index is 0.272. The average Bonchev–Trinajstić information content (AvgIpc) is 3.45. The number of imidazole rings is 1. The molecule has 1 aliphatic rings. The molecule has 2 N–H and O–H groups in total. The van der Waals surface area contributed by atoms with Crippen LogP contribution in [-0.2, 0) is 11.3 Å². The van der Waals surface area contributed by atoms with Gasteiger partial charge in [-0.05, 0) is 49.2 Å². The number of aromatic nitrogens is 5. The van der Waals surface area contributed by atoms with Crippen LogP contribution in [0.25, 0.3) is 22.5 Å². The molecule has 0 radical (unpaired) electrons. The van der Waals surface area contributed by atoms with Gasteiger partial charge in [0.05, 0.1) is 11.0 Å². The van der Waals surface area contributed by atoms with Crippen molar-refractivity contribution in [2.45, 2.75) is 33.0 Å². The van der Waals surface area contributed by atoms with Gasteiger partial charge in [0.1, 0.15) is 12.2 Å². The molecule has 1 fully saturated rings. The summed E-state index contributed by atoms with van der Waals surface area (Å²) in [4.78, 5) is 31.8. The van der Waals surface area contributed by atoms with E-state index < -0.39 is 18.5 Å². The number of carbonyl (C=O) groups excluding carboxylic acids is 1. The molecule has 37 heavy (non-hydrogen) atoms. The number of anilines is 2. The first-order chi connectivity index (χ1) is 17.6. The summed E-state index contributed by atoms with van der Waals surface area (Å²) >= 11 is 0. The van der Waals surface area contributed by atoms with Gasteiger partial charge in [-0.2, -0.15) is 18.2 Å². The number of piperazine rings is 1. The van der Waals surface area contributed by atoms with E-state index in [1.54, 1.807) is 13.1 Å². The Hall–Kier alpha value is -4.00. The van der Waals surface area contributed by atoms with Gasteiger partial charge in [-0.1, -0.05) is 5.16 Å². The number of carbonyl (C=O) groups is 1. The molecule has 0 bridgehead atoms. The number of aromatic amines is 1. The largest absolute Gasteiger partial charge is 0.397 e. The molecule has 194 valence electrons. The highest BCUT2D eigenvalue weighted by Crippen LogP contribution is 2.29. The van der Waals surface area contributed by atoms with Crippen LogP contribution in [0, 0.1) is 13.8 Å². The summed E-state index contributed by atoms with van der Waals surface area (Å²) in [6.07, 6.45) is -4.21. The Morgan fingerprint density at radius 2 is 1.92 bits per heavy atom. The summed E-state index contributed by atoms with van der Waals surface area (Å²) in [6.45, 7) is 5.84. The topological polar surface area (TPSA) is 116 Å². The molecule has 1 aliphatic heterocycles. The summed E-state index contributed by atoms with van der Waals surface area (Å²) < 4.78 is 42.8. The maximum atomic E-state index is 12.5. The number of aryl methyl sites for hydroxylation is 2. The zero-order chi connectivity index (χ0) is 26.2. The highest BCUT2D eigenvalue weighted by Gasteiger charge is 2.34. The third-order valence-corrected chi connectivity index (χ3v) is 6.22. The molecular weight excluding hydrogens is 489 g/mol. The minimum Gasteiger partial charge on any atom is -0.340 e. The summed E-state index contributed by atoms with van der Waals surface area (Å²) in [5, 5.41) is 7.05. The van der Waals surface area contributed by atoms with Crippen LogP contribution in [0.4, 0.5) is 24.9 Å². The van der Waals surface area contributed by atoms with Crippen molar-refractivity contribution < 1.29 is 22.5 Å². The van der Waals surface area contributed by atoms with Gasteiger partial charge in [0.25, 0.3) is 5.89 Å². The van der Waals surface area contributed by atoms with E-state index in [0.717, 1.165) is 27.7 Å². The van der Waals surface area contributed by atoms with E-state index in [1.807, 2.05) is 31.2 Å². The van der Waals surface area contributed by atoms with Crippen LogP contribution >= 0.6 is 0 Å². The molecule has 4 heterocycles. The molecule has 0 atom stereocenters. The normalized spacial score (nSPS) is 14.9. The zero-order valence-corrected chi connectivity index (χ0v) is 20.3. The molecule has 1 amide bonds. The van der Waals surface area contributed by atoms with Crippen molar-refractivity contribution in [3.63, 3.8) is 0 Å². The minimum atomic E-state index is -4.48. The molecule has 10 nitrogen and oxygen atoms in total. The van der Waals surface area contributed by atoms with Crippen molar-refractivity contribution in [3.8, 4) is 11.5 Å². The standard InChI is InChI=1S/C24H25F3N8O2/c1-14-17(22-29-15(2)33-37-22)3-4-18-21(14)32-23(30-18)31-19-11-16(5-6-28-19)13-34-7-9-35(10-8-34)20(36)12-24(25,26)27/h3-6,11H,7-10,12-13H2,1-2H3,(H2,28,30,31,32). The SMILES string of the molecule is Cc1noc(-c2ccc3[nH]c(Nc4cc(CN5CCN(C(=O)CC(F)(F)F)CC5)ccn4)nc3c2C)n1. The van der Waals surface area contributed by atoms with Crippen LogP contribution in [0.5, 0.6) is 0 Å². The van der Waals surface area contributed by atoms with Crippen LogP contribution in [-0.4, -0.2) is 73.2 Å². The van der Waals surface area contributed by atoms with Crippen molar-refractivity contribution in [1.82, 2.24) is 34.9 Å². The number of H-pyrrole nitrogens is 1. The molecule has 0 saturated carbocycles. The number of nitrogens with one attached hydrogen (secondary N) is 2. The Balaban J connectivity index is 1.23. The average molecular weight is 515 g/mol. The quantitative estimate of drug-likeness (QED) is 0.397. The number of fused-ring (bicyclic) bond motifs is 1. The zero-order valence-electron chi connectivity index (χ0n) is 20.3. The predicted octanol–water partition coefficient (Wildman–Crippen LogP) is 3.96. The van der Waals surface area contributed by atoms with Crippen LogP contribution in [0.2, 0.25) is 0 Å². The highest BCUT2D eigenvalue weighted by atomic mass is 19.4. The first-order valence-corrected chi connectivity index (χ1v) is 11.7. The first kappa shape index (κ1) is 24.7. The van der Waals surface area contributed by atoms with E-state index in [9.17, 15) is 18.0 Å². The molecule has 1 saturated heterocycles. The van der Waals surface area contributed by atoms with E-state index >= 15 is 0 Å². The van der Waals surface area contributed by atoms with Crippen molar-refractivity contribution in [2.75, 3.05) is 31.5 Å². The van der Waals surface area contributed by atoms with Gasteiger partial charge >= 0.3 is 6.18 Å². The monoisotopic (exact) mass is 514 g/mol. The fourth-order valence-corrected chi connectivity index (χ4v) is 4.37. The Morgan fingerprint density at radius 1 is 1.14 bits per heavy atom. The number of benzene rings is 1. The second-order valence-corrected chi connectivity index (χ2v) is 8.99. The predicted molar refractivity (Wildman–Crippen MR) is 129 cm³/mol. The third-order valence-electron chi connectivity index (χ3n) is 6.22. The van der Waals surface area contributed by atoms with E-state index in [-0.39, 0.29) is 13.1 Å².